The second-order valence-electron chi connectivity index (χ2n) is 9.13. The van der Waals surface area contributed by atoms with Crippen molar-refractivity contribution in [3.05, 3.63) is 12.7 Å². The lowest BCUT2D eigenvalue weighted by Gasteiger charge is -2.19. The summed E-state index contributed by atoms with van der Waals surface area (Å²) in [7, 11) is -21.9. The highest BCUT2D eigenvalue weighted by Crippen LogP contribution is 2.66. The number of hydrogen-bond donors (Lipinski definition) is 11. The van der Waals surface area contributed by atoms with Crippen LogP contribution < -0.4 is 10.3 Å². The largest absolute Gasteiger partial charge is 0.490 e. The summed E-state index contributed by atoms with van der Waals surface area (Å²) >= 11 is 0. The molecule has 0 radical (unpaired) electrons. The lowest BCUT2D eigenvalue weighted by Crippen LogP contribution is -2.48. The van der Waals surface area contributed by atoms with Crippen LogP contribution in [0, 0.1) is 0 Å². The Labute approximate surface area is 243 Å². The highest BCUT2D eigenvalue weighted by atomic mass is 31.3. The van der Waals surface area contributed by atoms with Gasteiger partial charge >= 0.3 is 31.3 Å². The number of rotatable bonds is 12. The zero-order valence-electron chi connectivity index (χ0n) is 21.4. The molecule has 0 saturated carbocycles. The third-order valence-electron chi connectivity index (χ3n) is 6.04. The maximum Gasteiger partial charge on any atom is 0.490 e. The summed E-state index contributed by atoms with van der Waals surface area (Å²) < 4.78 is 74.2. The van der Waals surface area contributed by atoms with E-state index < -0.39 is 93.6 Å². The van der Waals surface area contributed by atoms with Crippen LogP contribution in [0.1, 0.15) is 12.5 Å². The number of hydrogen-bond acceptors (Lipinski definition) is 17. The van der Waals surface area contributed by atoms with E-state index in [1.165, 1.54) is 0 Å². The average molecular weight is 720 g/mol. The Balaban J connectivity index is 1.48. The van der Waals surface area contributed by atoms with Gasteiger partial charge in [0.15, 0.2) is 11.7 Å². The maximum atomic E-state index is 12.0. The van der Waals surface area contributed by atoms with Gasteiger partial charge in [-0.2, -0.15) is 8.62 Å². The minimum atomic E-state index is -5.81. The van der Waals surface area contributed by atoms with Crippen LogP contribution in [-0.2, 0) is 45.4 Å². The van der Waals surface area contributed by atoms with Crippen molar-refractivity contribution in [2.75, 3.05) is 18.9 Å². The summed E-state index contributed by atoms with van der Waals surface area (Å²) in [6, 6.07) is 0. The quantitative estimate of drug-likeness (QED) is 0.0735. The lowest BCUT2D eigenvalue weighted by atomic mass is 10.1. The molecule has 250 valence electrons. The molecule has 29 heteroatoms. The molecule has 12 N–H and O–H groups in total. The molecule has 2 saturated heterocycles. The second-order valence-corrected chi connectivity index (χ2v) is 14.8. The van der Waals surface area contributed by atoms with Crippen molar-refractivity contribution in [1.82, 2.24) is 14.5 Å². The van der Waals surface area contributed by atoms with E-state index in [2.05, 4.69) is 27.6 Å². The van der Waals surface area contributed by atoms with Crippen molar-refractivity contribution >= 4 is 48.3 Å². The lowest BCUT2D eigenvalue weighted by molar-refractivity contribution is -0.755. The highest BCUT2D eigenvalue weighted by Gasteiger charge is 2.49. The Kier molecular flexibility index (Phi) is 10.2. The molecule has 0 amide bonds. The van der Waals surface area contributed by atoms with Gasteiger partial charge < -0.3 is 65.0 Å². The molecule has 25 nitrogen and oxygen atoms in total. The van der Waals surface area contributed by atoms with Crippen molar-refractivity contribution in [2.24, 2.45) is 0 Å². The molecule has 2 aliphatic rings. The Morgan fingerprint density at radius 2 is 1.39 bits per heavy atom. The molecular weight excluding hydrogens is 694 g/mol. The minimum absolute atomic E-state index is 0.0852. The molecule has 2 aliphatic heterocycles. The first-order valence-electron chi connectivity index (χ1n) is 11.6. The van der Waals surface area contributed by atoms with E-state index in [4.69, 9.17) is 34.8 Å². The van der Waals surface area contributed by atoms with Crippen LogP contribution in [0.25, 0.3) is 11.2 Å². The van der Waals surface area contributed by atoms with E-state index in [0.717, 1.165) is 21.8 Å². The van der Waals surface area contributed by atoms with E-state index in [1.807, 2.05) is 0 Å². The third-order valence-corrected chi connectivity index (χ3v) is 10.3. The maximum absolute atomic E-state index is 12.0. The number of phosphoric acid groups is 4. The molecule has 2 aromatic rings. The SMILES string of the molecule is Nc1c2ncn([C@@H]3O[C@H](COP(=O)(O)OP(=O)(O)OP(=O)(O)O)[C@@H](O)[C@H]3O)c2nc[n+]1[C@@H]1O[C@H](COP(=O)(O)O)[C@@H](O)[C@H]1O. The van der Waals surface area contributed by atoms with Gasteiger partial charge in [-0.05, 0) is 0 Å². The first-order valence-corrected chi connectivity index (χ1v) is 17.7. The van der Waals surface area contributed by atoms with Gasteiger partial charge in [0.25, 0.3) is 5.82 Å². The molecule has 0 bridgehead atoms. The normalized spacial score (nSPS) is 32.6. The molecule has 10 atom stereocenters. The number of phosphoric ester groups is 2. The number of ether oxygens (including phenoxy) is 2. The smallest absolute Gasteiger partial charge is 0.387 e. The topological polar surface area (TPSA) is 387 Å². The Morgan fingerprint density at radius 3 is 2.00 bits per heavy atom. The molecule has 2 unspecified atom stereocenters. The summed E-state index contributed by atoms with van der Waals surface area (Å²) in [6.45, 7) is -1.86. The summed E-state index contributed by atoms with van der Waals surface area (Å²) in [4.78, 5) is 61.9. The monoisotopic (exact) mass is 720 g/mol. The van der Waals surface area contributed by atoms with Gasteiger partial charge in [-0.15, -0.1) is 0 Å². The summed E-state index contributed by atoms with van der Waals surface area (Å²) in [5.74, 6) is -0.223. The number of anilines is 1. The zero-order chi connectivity index (χ0) is 33.0. The van der Waals surface area contributed by atoms with E-state index in [-0.39, 0.29) is 17.0 Å². The number of imidazole rings is 1. The van der Waals surface area contributed by atoms with E-state index in [0.29, 0.717) is 0 Å². The molecule has 2 fully saturated rings. The van der Waals surface area contributed by atoms with Crippen LogP contribution in [0.2, 0.25) is 0 Å². The molecule has 0 aromatic carbocycles. The van der Waals surface area contributed by atoms with Gasteiger partial charge in [-0.3, -0.25) is 13.6 Å². The number of fused-ring (bicyclic) bond motifs is 1. The Morgan fingerprint density at radius 1 is 0.795 bits per heavy atom. The molecule has 4 heterocycles. The molecule has 44 heavy (non-hydrogen) atoms. The Bertz CT molecular complexity index is 1560. The van der Waals surface area contributed by atoms with Crippen molar-refractivity contribution in [3.8, 4) is 0 Å². The number of nitrogen functional groups attached to an aromatic ring is 1. The van der Waals surface area contributed by atoms with Crippen molar-refractivity contribution < 1.29 is 99.8 Å². The molecule has 2 aromatic heterocycles. The average Bonchev–Trinajstić information content (AvgIpc) is 3.50. The van der Waals surface area contributed by atoms with Crippen molar-refractivity contribution in [3.63, 3.8) is 0 Å². The van der Waals surface area contributed by atoms with Crippen LogP contribution in [0.3, 0.4) is 0 Å². The summed E-state index contributed by atoms with van der Waals surface area (Å²) in [5, 5.41) is 41.6. The first kappa shape index (κ1) is 35.5. The van der Waals surface area contributed by atoms with Gasteiger partial charge in [-0.25, -0.2) is 27.8 Å². The van der Waals surface area contributed by atoms with E-state index in [1.54, 1.807) is 0 Å². The predicted octanol–water partition coefficient (Wildman–Crippen LogP) is -4.01. The van der Waals surface area contributed by atoms with Crippen LogP contribution in [0.15, 0.2) is 12.7 Å². The van der Waals surface area contributed by atoms with Gasteiger partial charge in [0.1, 0.15) is 43.0 Å². The number of aliphatic hydroxyl groups excluding tert-OH is 4. The summed E-state index contributed by atoms with van der Waals surface area (Å²) in [6.07, 6.45) is -10.8. The molecule has 0 aliphatic carbocycles. The predicted molar refractivity (Wildman–Crippen MR) is 132 cm³/mol. The third kappa shape index (κ3) is 8.12. The second kappa shape index (κ2) is 12.7. The Hall–Kier alpha value is -1.37. The van der Waals surface area contributed by atoms with Gasteiger partial charge in [-0.1, -0.05) is 4.98 Å². The van der Waals surface area contributed by atoms with Crippen LogP contribution in [0.4, 0.5) is 5.82 Å². The van der Waals surface area contributed by atoms with Crippen molar-refractivity contribution in [2.45, 2.75) is 49.1 Å². The molecular formula is C15H26N5O20P4+. The highest BCUT2D eigenvalue weighted by molar-refractivity contribution is 7.66. The summed E-state index contributed by atoms with van der Waals surface area (Å²) in [5.41, 5.74) is 5.98. The van der Waals surface area contributed by atoms with Crippen LogP contribution >= 0.6 is 31.3 Å². The number of nitrogens with two attached hydrogens (primary N) is 1. The number of aliphatic hydroxyl groups is 4. The van der Waals surface area contributed by atoms with Gasteiger partial charge in [0.05, 0.1) is 13.2 Å². The fraction of sp³-hybridized carbons (Fsp3) is 0.667. The van der Waals surface area contributed by atoms with Crippen LogP contribution in [0.5, 0.6) is 0 Å². The minimum Gasteiger partial charge on any atom is -0.387 e. The van der Waals surface area contributed by atoms with Crippen molar-refractivity contribution in [1.29, 1.82) is 0 Å². The van der Waals surface area contributed by atoms with Crippen LogP contribution in [-0.4, -0.2) is 114 Å². The first-order chi connectivity index (χ1) is 20.1. The fourth-order valence-electron chi connectivity index (χ4n) is 4.19. The zero-order valence-corrected chi connectivity index (χ0v) is 25.0. The standard InChI is InChI=1S/C15H25N5O20P4/c16-12-7-13(18-4-19(12)14-10(23)8(21)5(37-14)1-35-41(25,26)27)20(3-17-7)15-11(24)9(22)6(38-15)2-36-43(31,32)40-44(33,34)39-42(28,29)30/h3-6,8-11,14-16,21-24H,1-2H2,(H6,25,26,27,28,29,30,31,32,33,34)/p+1/t5-,6-,8-,9-,10-,11-,14-,15-/m1/s1. The van der Waals surface area contributed by atoms with Gasteiger partial charge in [0, 0.05) is 0 Å². The van der Waals surface area contributed by atoms with E-state index in [9.17, 15) is 48.5 Å². The number of aromatic nitrogens is 4. The van der Waals surface area contributed by atoms with E-state index >= 15 is 0 Å². The van der Waals surface area contributed by atoms with Gasteiger partial charge in [0.2, 0.25) is 18.2 Å². The fourth-order valence-corrected chi connectivity index (χ4v) is 7.56. The molecule has 4 rings (SSSR count). The number of nitrogens with zero attached hydrogens (tertiary/aromatic N) is 4. The molecule has 0 spiro atoms.